The predicted molar refractivity (Wildman–Crippen MR) is 279 cm³/mol. The SMILES string of the molecule is CC1(C)CC(Nc2nc(Cl)ncc2F)CC(C)(C)N1.Cl.Cn1nnnc1-c1cc(N)cc(OC2COC2)c1.Cn1nnnc1-c1cc(Nc2ncc(F)c(NC3CC(C)(C)NC(C)(C)C3)n2)cc(OC2COC2)c1. The van der Waals surface area contributed by atoms with Crippen LogP contribution in [0.2, 0.25) is 5.28 Å². The second kappa shape index (κ2) is 22.7. The number of ether oxygens (including phenoxy) is 4. The minimum absolute atomic E-state index is 0. The molecule has 4 saturated heterocycles. The van der Waals surface area contributed by atoms with Gasteiger partial charge in [0.05, 0.1) is 38.8 Å². The van der Waals surface area contributed by atoms with Crippen molar-refractivity contribution >= 4 is 53.0 Å². The van der Waals surface area contributed by atoms with Crippen LogP contribution >= 0.6 is 24.0 Å². The van der Waals surface area contributed by atoms with Crippen molar-refractivity contribution in [2.24, 2.45) is 14.1 Å². The Balaban J connectivity index is 0.000000177. The van der Waals surface area contributed by atoms with E-state index in [1.165, 1.54) is 6.20 Å². The topological polar surface area (TPSA) is 262 Å². The van der Waals surface area contributed by atoms with E-state index >= 15 is 0 Å². The lowest BCUT2D eigenvalue weighted by molar-refractivity contribution is -0.0796. The molecule has 7 N–H and O–H groups in total. The van der Waals surface area contributed by atoms with Gasteiger partial charge in [-0.05, 0) is 138 Å². The van der Waals surface area contributed by atoms with Crippen LogP contribution in [0.5, 0.6) is 11.5 Å². The number of aryl methyl sites for hydroxylation is 2. The minimum atomic E-state index is -0.498. The van der Waals surface area contributed by atoms with E-state index in [9.17, 15) is 8.78 Å². The van der Waals surface area contributed by atoms with Crippen molar-refractivity contribution in [3.63, 3.8) is 0 Å². The Kier molecular flexibility index (Phi) is 17.1. The summed E-state index contributed by atoms with van der Waals surface area (Å²) in [6.45, 7) is 19.5. The number of benzene rings is 2. The maximum atomic E-state index is 14.7. The fraction of sp³-hybridized carbons (Fsp3) is 0.542. The van der Waals surface area contributed by atoms with Crippen LogP contribution in [0.25, 0.3) is 22.8 Å². The van der Waals surface area contributed by atoms with E-state index in [1.54, 1.807) is 29.5 Å². The highest BCUT2D eigenvalue weighted by atomic mass is 35.5. The largest absolute Gasteiger partial charge is 0.485 e. The number of tetrazole rings is 2. The molecule has 0 radical (unpaired) electrons. The van der Waals surface area contributed by atoms with Crippen LogP contribution in [0.3, 0.4) is 0 Å². The molecule has 4 aromatic heterocycles. The maximum Gasteiger partial charge on any atom is 0.229 e. The van der Waals surface area contributed by atoms with Crippen molar-refractivity contribution in [2.45, 2.75) is 128 Å². The number of nitrogens with one attached hydrogen (secondary N) is 5. The molecular weight excluding hydrogens is 1000 g/mol. The van der Waals surface area contributed by atoms with Gasteiger partial charge in [-0.1, -0.05) is 0 Å². The monoisotopic (exact) mass is 1070 g/mol. The predicted octanol–water partition coefficient (Wildman–Crippen LogP) is 6.70. The summed E-state index contributed by atoms with van der Waals surface area (Å²) in [5.74, 6) is 2.20. The van der Waals surface area contributed by atoms with E-state index in [0.29, 0.717) is 61.0 Å². The van der Waals surface area contributed by atoms with Crippen molar-refractivity contribution < 1.29 is 27.7 Å². The molecule has 10 rings (SSSR count). The molecule has 0 bridgehead atoms. The fourth-order valence-electron chi connectivity index (χ4n) is 9.92. The molecule has 0 amide bonds. The Bertz CT molecular complexity index is 2830. The molecule has 74 heavy (non-hydrogen) atoms. The molecular formula is C48H66Cl2F2N18O4. The molecule has 4 fully saturated rings. The van der Waals surface area contributed by atoms with Gasteiger partial charge in [-0.3, -0.25) is 0 Å². The van der Waals surface area contributed by atoms with Crippen LogP contribution < -0.4 is 41.8 Å². The molecule has 0 saturated carbocycles. The summed E-state index contributed by atoms with van der Waals surface area (Å²) >= 11 is 5.71. The van der Waals surface area contributed by atoms with E-state index in [0.717, 1.165) is 43.0 Å². The summed E-state index contributed by atoms with van der Waals surface area (Å²) in [6, 6.07) is 11.3. The zero-order valence-corrected chi connectivity index (χ0v) is 44.8. The number of hydrogen-bond acceptors (Lipinski definition) is 20. The standard InChI is InChI=1S/C24H32FN9O2.C13H20ClFN4.C11H13N5O2.ClH/c1-23(2)9-16(10-24(3,4)31-23)27-20-19(25)11-26-22(29-20)28-15-6-14(21-30-32-33-34(21)5)7-17(8-15)36-18-12-35-13-18;1-12(2)5-8(6-13(3,4)19-12)17-10-9(15)7-16-11(14)18-10;1-16-11(13-14-15-16)7-2-8(12)4-9(3-7)18-10-5-17-6-10;/h6-8,11,16,18,31H,9-10,12-13H2,1-5H3,(H2,26,27,28,29);7-8,19H,5-6H2,1-4H3,(H,16,17,18);2-4,10H,5-6,12H2,1H3;1H. The average Bonchev–Trinajstić information content (AvgIpc) is 3.89. The average molecular weight is 1070 g/mol. The highest BCUT2D eigenvalue weighted by molar-refractivity contribution is 6.28. The quantitative estimate of drug-likeness (QED) is 0.0550. The zero-order chi connectivity index (χ0) is 52.3. The van der Waals surface area contributed by atoms with Crippen molar-refractivity contribution in [1.82, 2.24) is 71.0 Å². The van der Waals surface area contributed by atoms with Crippen molar-refractivity contribution in [1.29, 1.82) is 0 Å². The highest BCUT2D eigenvalue weighted by Crippen LogP contribution is 2.34. The highest BCUT2D eigenvalue weighted by Gasteiger charge is 2.39. The summed E-state index contributed by atoms with van der Waals surface area (Å²) < 4.78 is 53.6. The summed E-state index contributed by atoms with van der Waals surface area (Å²) in [4.78, 5) is 16.1. The Morgan fingerprint density at radius 1 is 0.649 bits per heavy atom. The number of hydrogen-bond donors (Lipinski definition) is 6. The van der Waals surface area contributed by atoms with Crippen molar-refractivity contribution in [3.8, 4) is 34.3 Å². The van der Waals surface area contributed by atoms with Crippen molar-refractivity contribution in [2.75, 3.05) is 48.1 Å². The third-order valence-corrected chi connectivity index (χ3v) is 12.4. The summed E-state index contributed by atoms with van der Waals surface area (Å²) in [6.07, 6.45) is 5.81. The van der Waals surface area contributed by atoms with E-state index in [2.05, 4.69) is 133 Å². The van der Waals surface area contributed by atoms with Gasteiger partial charge < -0.3 is 51.3 Å². The van der Waals surface area contributed by atoms with Gasteiger partial charge in [-0.2, -0.15) is 9.97 Å². The Labute approximate surface area is 439 Å². The molecule has 8 heterocycles. The number of halogens is 4. The summed E-state index contributed by atoms with van der Waals surface area (Å²) in [5.41, 5.74) is 8.54. The first-order valence-corrected chi connectivity index (χ1v) is 24.4. The molecule has 26 heteroatoms. The maximum absolute atomic E-state index is 14.7. The fourth-order valence-corrected chi connectivity index (χ4v) is 10.1. The molecule has 0 aliphatic carbocycles. The van der Waals surface area contributed by atoms with Gasteiger partial charge in [-0.15, -0.1) is 22.6 Å². The van der Waals surface area contributed by atoms with Gasteiger partial charge >= 0.3 is 0 Å². The molecule has 6 aromatic rings. The van der Waals surface area contributed by atoms with Gasteiger partial charge in [0, 0.05) is 83.0 Å². The molecule has 4 aliphatic heterocycles. The number of aromatic nitrogens is 12. The Morgan fingerprint density at radius 2 is 1.09 bits per heavy atom. The molecule has 4 aliphatic rings. The number of nitrogen functional groups attached to an aromatic ring is 1. The van der Waals surface area contributed by atoms with Gasteiger partial charge in [0.15, 0.2) is 34.9 Å². The molecule has 400 valence electrons. The van der Waals surface area contributed by atoms with E-state index in [4.69, 9.17) is 36.3 Å². The van der Waals surface area contributed by atoms with Crippen LogP contribution in [0.1, 0.15) is 81.1 Å². The molecule has 22 nitrogen and oxygen atoms in total. The van der Waals surface area contributed by atoms with E-state index in [1.807, 2.05) is 30.3 Å². The van der Waals surface area contributed by atoms with Gasteiger partial charge in [0.2, 0.25) is 11.2 Å². The number of nitrogens with two attached hydrogens (primary N) is 1. The first-order valence-electron chi connectivity index (χ1n) is 24.0. The van der Waals surface area contributed by atoms with Crippen LogP contribution in [-0.2, 0) is 23.6 Å². The number of rotatable bonds is 12. The molecule has 0 atom stereocenters. The zero-order valence-electron chi connectivity index (χ0n) is 43.2. The molecule has 0 spiro atoms. The lowest BCUT2D eigenvalue weighted by atomic mass is 9.79. The number of anilines is 5. The Hall–Kier alpha value is -6.18. The van der Waals surface area contributed by atoms with Crippen LogP contribution in [-0.4, -0.2) is 133 Å². The van der Waals surface area contributed by atoms with Gasteiger partial charge in [-0.25, -0.2) is 28.1 Å². The number of piperidine rings is 2. The van der Waals surface area contributed by atoms with Crippen LogP contribution in [0, 0.1) is 11.6 Å². The normalized spacial score (nSPS) is 18.9. The van der Waals surface area contributed by atoms with Gasteiger partial charge in [0.25, 0.3) is 0 Å². The minimum Gasteiger partial charge on any atom is -0.485 e. The molecule has 2 aromatic carbocycles. The van der Waals surface area contributed by atoms with Crippen LogP contribution in [0.15, 0.2) is 48.8 Å². The first-order chi connectivity index (χ1) is 34.4. The number of nitrogens with zero attached hydrogens (tertiary/aromatic N) is 12. The van der Waals surface area contributed by atoms with Gasteiger partial charge in [0.1, 0.15) is 23.7 Å². The second-order valence-corrected chi connectivity index (χ2v) is 21.8. The molecule has 0 unspecified atom stereocenters. The summed E-state index contributed by atoms with van der Waals surface area (Å²) in [7, 11) is 3.54. The summed E-state index contributed by atoms with van der Waals surface area (Å²) in [5, 5.41) is 40.0. The third kappa shape index (κ3) is 15.0. The van der Waals surface area contributed by atoms with Crippen LogP contribution in [0.4, 0.5) is 37.7 Å². The first kappa shape index (κ1) is 55.6. The Morgan fingerprint density at radius 3 is 1.54 bits per heavy atom. The van der Waals surface area contributed by atoms with E-state index in [-0.39, 0.29) is 81.7 Å². The lowest BCUT2D eigenvalue weighted by Crippen LogP contribution is -2.60. The lowest BCUT2D eigenvalue weighted by Gasteiger charge is -2.46. The van der Waals surface area contributed by atoms with Crippen molar-refractivity contribution in [3.05, 3.63) is 65.7 Å². The second-order valence-electron chi connectivity index (χ2n) is 21.5. The third-order valence-electron chi connectivity index (χ3n) is 12.2. The smallest absolute Gasteiger partial charge is 0.229 e. The van der Waals surface area contributed by atoms with E-state index < -0.39 is 11.6 Å².